The van der Waals surface area contributed by atoms with Crippen molar-refractivity contribution < 1.29 is 24.0 Å². The van der Waals surface area contributed by atoms with Crippen molar-refractivity contribution in [1.29, 1.82) is 0 Å². The molecule has 0 unspecified atom stereocenters. The highest BCUT2D eigenvalue weighted by atomic mass is 79.9. The molecule has 7 nitrogen and oxygen atoms in total. The molecule has 1 aliphatic rings. The maximum atomic E-state index is 13.5. The number of carbonyl (C=O) groups excluding carboxylic acids is 2. The van der Waals surface area contributed by atoms with Crippen LogP contribution in [0.5, 0.6) is 5.75 Å². The molecule has 0 amide bonds. The van der Waals surface area contributed by atoms with E-state index in [-0.39, 0.29) is 12.6 Å². The molecular formula is C31H33BrN3O4+. The van der Waals surface area contributed by atoms with Crippen molar-refractivity contribution in [2.75, 3.05) is 37.7 Å². The molecule has 0 atom stereocenters. The van der Waals surface area contributed by atoms with Crippen molar-refractivity contribution in [1.82, 2.24) is 4.57 Å². The molecule has 0 bridgehead atoms. The molecular weight excluding hydrogens is 558 g/mol. The van der Waals surface area contributed by atoms with Gasteiger partial charge in [-0.05, 0) is 65.7 Å². The maximum Gasteiger partial charge on any atom is 0.340 e. The summed E-state index contributed by atoms with van der Waals surface area (Å²) < 4.78 is 13.8. The van der Waals surface area contributed by atoms with E-state index in [0.717, 1.165) is 43.1 Å². The second kappa shape index (κ2) is 11.6. The van der Waals surface area contributed by atoms with Gasteiger partial charge in [-0.25, -0.2) is 4.79 Å². The molecule has 1 N–H and O–H groups in total. The Hall–Kier alpha value is -3.62. The number of rotatable bonds is 7. The highest BCUT2D eigenvalue weighted by molar-refractivity contribution is 9.10. The number of para-hydroxylation sites is 2. The zero-order valence-electron chi connectivity index (χ0n) is 22.5. The third-order valence-corrected chi connectivity index (χ3v) is 7.83. The van der Waals surface area contributed by atoms with E-state index in [4.69, 9.17) is 9.47 Å². The number of carbonyl (C=O) groups is 2. The number of hydrogen-bond acceptors (Lipinski definition) is 5. The molecule has 1 saturated heterocycles. The monoisotopic (exact) mass is 590 g/mol. The van der Waals surface area contributed by atoms with Crippen LogP contribution in [0.4, 0.5) is 5.69 Å². The molecule has 8 heteroatoms. The van der Waals surface area contributed by atoms with Gasteiger partial charge < -0.3 is 23.8 Å². The van der Waals surface area contributed by atoms with Gasteiger partial charge in [-0.2, -0.15) is 0 Å². The van der Waals surface area contributed by atoms with Crippen molar-refractivity contribution in [3.05, 3.63) is 88.0 Å². The Balaban J connectivity index is 1.59. The van der Waals surface area contributed by atoms with Gasteiger partial charge in [0.15, 0.2) is 0 Å². The van der Waals surface area contributed by atoms with Crippen LogP contribution in [0.15, 0.2) is 71.2 Å². The van der Waals surface area contributed by atoms with E-state index in [0.29, 0.717) is 27.7 Å². The van der Waals surface area contributed by atoms with E-state index in [9.17, 15) is 9.59 Å². The van der Waals surface area contributed by atoms with Gasteiger partial charge in [0.05, 0.1) is 54.0 Å². The Labute approximate surface area is 237 Å². The summed E-state index contributed by atoms with van der Waals surface area (Å²) >= 11 is 3.57. The molecule has 39 heavy (non-hydrogen) atoms. The Morgan fingerprint density at radius 3 is 2.36 bits per heavy atom. The van der Waals surface area contributed by atoms with Crippen LogP contribution in [0.1, 0.15) is 35.5 Å². The SMILES string of the molecule is CCOC(=O)c1c(C[NH+]2CCN(c3ccccc3C)CC2)n(-c2ccccc2)c2cc(Br)c(OC(C)=O)cc12. The predicted molar refractivity (Wildman–Crippen MR) is 156 cm³/mol. The summed E-state index contributed by atoms with van der Waals surface area (Å²) in [6.45, 7) is 10.00. The maximum absolute atomic E-state index is 13.5. The number of anilines is 1. The molecule has 3 aromatic carbocycles. The quantitative estimate of drug-likeness (QED) is 0.249. The number of quaternary nitrogens is 1. The van der Waals surface area contributed by atoms with Crippen LogP contribution < -0.4 is 14.5 Å². The van der Waals surface area contributed by atoms with Gasteiger partial charge in [-0.3, -0.25) is 4.79 Å². The molecule has 0 spiro atoms. The number of hydrogen-bond donors (Lipinski definition) is 1. The van der Waals surface area contributed by atoms with Crippen molar-refractivity contribution in [3.8, 4) is 11.4 Å². The standard InChI is InChI=1S/C31H32BrN3O4/c1-4-38-31(37)30-24-18-29(39-22(3)36)25(32)19-27(24)35(23-11-6-5-7-12-23)28(30)20-33-14-16-34(17-15-33)26-13-9-8-10-21(26)2/h5-13,18-19H,4,14-17,20H2,1-3H3/p+1. The lowest BCUT2D eigenvalue weighted by Gasteiger charge is -2.34. The molecule has 5 rings (SSSR count). The fourth-order valence-electron chi connectivity index (χ4n) is 5.44. The number of nitrogens with one attached hydrogen (secondary N) is 1. The Bertz CT molecular complexity index is 1510. The molecule has 0 radical (unpaired) electrons. The van der Waals surface area contributed by atoms with Crippen LogP contribution in [0.25, 0.3) is 16.6 Å². The minimum absolute atomic E-state index is 0.269. The number of aromatic nitrogens is 1. The predicted octanol–water partition coefficient (Wildman–Crippen LogP) is 4.71. The molecule has 0 aliphatic carbocycles. The van der Waals surface area contributed by atoms with Crippen molar-refractivity contribution in [2.24, 2.45) is 0 Å². The molecule has 4 aromatic rings. The summed E-state index contributed by atoms with van der Waals surface area (Å²) in [5.74, 6) is -0.427. The first-order valence-electron chi connectivity index (χ1n) is 13.3. The summed E-state index contributed by atoms with van der Waals surface area (Å²) in [5, 5.41) is 0.699. The highest BCUT2D eigenvalue weighted by Crippen LogP contribution is 2.37. The summed E-state index contributed by atoms with van der Waals surface area (Å²) in [7, 11) is 0. The van der Waals surface area contributed by atoms with E-state index in [2.05, 4.69) is 56.6 Å². The average molecular weight is 592 g/mol. The first kappa shape index (κ1) is 27.0. The van der Waals surface area contributed by atoms with Crippen LogP contribution in [0, 0.1) is 6.92 Å². The topological polar surface area (TPSA) is 65.2 Å². The second-order valence-corrected chi connectivity index (χ2v) is 10.7. The first-order valence-corrected chi connectivity index (χ1v) is 14.1. The third kappa shape index (κ3) is 5.58. The number of ether oxygens (including phenoxy) is 2. The molecule has 1 aromatic heterocycles. The van der Waals surface area contributed by atoms with Gasteiger partial charge in [0.2, 0.25) is 0 Å². The first-order chi connectivity index (χ1) is 18.9. The van der Waals surface area contributed by atoms with E-state index in [1.165, 1.54) is 23.1 Å². The van der Waals surface area contributed by atoms with Crippen molar-refractivity contribution in [3.63, 3.8) is 0 Å². The normalized spacial score (nSPS) is 14.0. The fraction of sp³-hybridized carbons (Fsp3) is 0.290. The lowest BCUT2D eigenvalue weighted by Crippen LogP contribution is -3.13. The van der Waals surface area contributed by atoms with Crippen LogP contribution in [-0.2, 0) is 16.1 Å². The van der Waals surface area contributed by atoms with Gasteiger partial charge in [-0.1, -0.05) is 36.4 Å². The van der Waals surface area contributed by atoms with Crippen molar-refractivity contribution >= 4 is 44.5 Å². The Kier molecular flexibility index (Phi) is 8.04. The number of fused-ring (bicyclic) bond motifs is 1. The largest absolute Gasteiger partial charge is 0.462 e. The number of piperazine rings is 1. The van der Waals surface area contributed by atoms with Crippen LogP contribution in [0.2, 0.25) is 0 Å². The smallest absolute Gasteiger partial charge is 0.340 e. The van der Waals surface area contributed by atoms with E-state index in [1.807, 2.05) is 43.3 Å². The van der Waals surface area contributed by atoms with E-state index >= 15 is 0 Å². The van der Waals surface area contributed by atoms with Gasteiger partial charge >= 0.3 is 11.9 Å². The number of nitrogens with zero attached hydrogens (tertiary/aromatic N) is 2. The highest BCUT2D eigenvalue weighted by Gasteiger charge is 2.30. The lowest BCUT2D eigenvalue weighted by atomic mass is 10.1. The Morgan fingerprint density at radius 2 is 1.69 bits per heavy atom. The summed E-state index contributed by atoms with van der Waals surface area (Å²) in [5.41, 5.74) is 5.78. The third-order valence-electron chi connectivity index (χ3n) is 7.21. The number of aryl methyl sites for hydroxylation is 1. The second-order valence-electron chi connectivity index (χ2n) is 9.81. The van der Waals surface area contributed by atoms with E-state index in [1.54, 1.807) is 6.07 Å². The lowest BCUT2D eigenvalue weighted by molar-refractivity contribution is -0.914. The van der Waals surface area contributed by atoms with Crippen LogP contribution >= 0.6 is 15.9 Å². The minimum atomic E-state index is -0.425. The summed E-state index contributed by atoms with van der Waals surface area (Å²) in [6, 6.07) is 22.2. The minimum Gasteiger partial charge on any atom is -0.462 e. The number of halogens is 1. The number of esters is 2. The molecule has 202 valence electrons. The zero-order chi connectivity index (χ0) is 27.5. The average Bonchev–Trinajstić information content (AvgIpc) is 3.22. The molecule has 1 aliphatic heterocycles. The molecule has 1 fully saturated rings. The van der Waals surface area contributed by atoms with Gasteiger partial charge in [0, 0.05) is 23.7 Å². The molecule has 2 heterocycles. The summed E-state index contributed by atoms with van der Waals surface area (Å²) in [4.78, 5) is 29.1. The van der Waals surface area contributed by atoms with E-state index < -0.39 is 5.97 Å². The van der Waals surface area contributed by atoms with Gasteiger partial charge in [-0.15, -0.1) is 0 Å². The number of benzene rings is 3. The van der Waals surface area contributed by atoms with Crippen molar-refractivity contribution in [2.45, 2.75) is 27.3 Å². The zero-order valence-corrected chi connectivity index (χ0v) is 24.1. The summed E-state index contributed by atoms with van der Waals surface area (Å²) in [6.07, 6.45) is 0. The fourth-order valence-corrected chi connectivity index (χ4v) is 5.85. The Morgan fingerprint density at radius 1 is 1.00 bits per heavy atom. The van der Waals surface area contributed by atoms with Crippen LogP contribution in [0.3, 0.4) is 0 Å². The molecule has 0 saturated carbocycles. The van der Waals surface area contributed by atoms with Crippen LogP contribution in [-0.4, -0.2) is 49.3 Å². The van der Waals surface area contributed by atoms with Gasteiger partial charge in [0.1, 0.15) is 12.3 Å². The van der Waals surface area contributed by atoms with Gasteiger partial charge in [0.25, 0.3) is 0 Å².